The Kier molecular flexibility index (Phi) is 5.13. The third-order valence-electron chi connectivity index (χ3n) is 5.81. The molecule has 0 spiro atoms. The normalized spacial score (nSPS) is 12.4. The maximum Gasteiger partial charge on any atom is 0.342 e. The molecule has 0 fully saturated rings. The summed E-state index contributed by atoms with van der Waals surface area (Å²) in [6, 6.07) is 7.91. The van der Waals surface area contributed by atoms with Crippen molar-refractivity contribution in [2.24, 2.45) is 19.2 Å². The number of carboxylic acids is 1. The molecule has 0 aliphatic carbocycles. The van der Waals surface area contributed by atoms with Crippen molar-refractivity contribution < 1.29 is 9.90 Å². The third kappa shape index (κ3) is 3.22. The zero-order valence-corrected chi connectivity index (χ0v) is 19.1. The van der Waals surface area contributed by atoms with Crippen molar-refractivity contribution in [2.45, 2.75) is 33.7 Å². The van der Waals surface area contributed by atoms with Gasteiger partial charge in [0.05, 0.1) is 0 Å². The van der Waals surface area contributed by atoms with Gasteiger partial charge in [-0.25, -0.2) is 14.2 Å². The van der Waals surface area contributed by atoms with Crippen molar-refractivity contribution >= 4 is 37.6 Å². The van der Waals surface area contributed by atoms with Gasteiger partial charge in [-0.1, -0.05) is 32.0 Å². The van der Waals surface area contributed by atoms with Gasteiger partial charge < -0.3 is 10.1 Å². The van der Waals surface area contributed by atoms with Crippen LogP contribution in [0.5, 0.6) is 0 Å². The summed E-state index contributed by atoms with van der Waals surface area (Å²) >= 11 is 0. The predicted octanol–water partition coefficient (Wildman–Crippen LogP) is 3.72. The Balaban J connectivity index is 2.10. The number of aromatic carboxylic acids is 1. The standard InChI is InChI=1S/C23H25N3O4S/c1-12(2)11-26-21-19(20(27)25(4)23(26)30)18(22(28)29)17(31(21)5)10-15-13(3)24-16-9-7-6-8-14(15)16/h6-9,12,24H,10-11H2,1-5H3/p+1. The second kappa shape index (κ2) is 7.53. The highest BCUT2D eigenvalue weighted by atomic mass is 32.2. The highest BCUT2D eigenvalue weighted by Gasteiger charge is 2.35. The number of carboxylic acid groups (broad SMARTS) is 1. The summed E-state index contributed by atoms with van der Waals surface area (Å²) in [6.45, 7) is 6.39. The van der Waals surface area contributed by atoms with Crippen LogP contribution in [0.2, 0.25) is 0 Å². The van der Waals surface area contributed by atoms with Crippen LogP contribution in [0, 0.1) is 12.8 Å². The van der Waals surface area contributed by atoms with Crippen molar-refractivity contribution in [3.63, 3.8) is 0 Å². The molecule has 162 valence electrons. The SMILES string of the molecule is Cc1[nH]c2ccccc2c1Cc1c(C(=O)O)c2c(=O)n(C)c(=O)n(CC(C)C)c2[s+]1C. The maximum absolute atomic E-state index is 13.1. The molecule has 0 bridgehead atoms. The fourth-order valence-electron chi connectivity index (χ4n) is 4.36. The first kappa shape index (κ1) is 21.1. The van der Waals surface area contributed by atoms with Gasteiger partial charge in [-0.15, -0.1) is 0 Å². The minimum absolute atomic E-state index is 0.0450. The number of aromatic amines is 1. The van der Waals surface area contributed by atoms with E-state index in [-0.39, 0.29) is 16.9 Å². The molecule has 0 amide bonds. The average molecular weight is 441 g/mol. The first-order chi connectivity index (χ1) is 14.6. The summed E-state index contributed by atoms with van der Waals surface area (Å²) in [4.78, 5) is 43.0. The quantitative estimate of drug-likeness (QED) is 0.462. The van der Waals surface area contributed by atoms with E-state index in [9.17, 15) is 19.5 Å². The molecule has 31 heavy (non-hydrogen) atoms. The summed E-state index contributed by atoms with van der Waals surface area (Å²) in [6.07, 6.45) is 2.33. The highest BCUT2D eigenvalue weighted by Crippen LogP contribution is 2.40. The molecule has 8 heteroatoms. The molecule has 4 aromatic rings. The summed E-state index contributed by atoms with van der Waals surface area (Å²) in [5.74, 6) is -0.957. The molecule has 0 radical (unpaired) electrons. The van der Waals surface area contributed by atoms with Gasteiger partial charge in [0.1, 0.15) is 17.2 Å². The van der Waals surface area contributed by atoms with Gasteiger partial charge in [-0.05, 0) is 24.5 Å². The molecular formula is C23H26N3O4S+. The zero-order valence-electron chi connectivity index (χ0n) is 18.3. The number of aryl methyl sites for hydroxylation is 2. The van der Waals surface area contributed by atoms with Crippen molar-refractivity contribution in [1.82, 2.24) is 14.1 Å². The van der Waals surface area contributed by atoms with Crippen LogP contribution in [-0.2, 0) is 26.3 Å². The molecule has 4 rings (SSSR count). The van der Waals surface area contributed by atoms with Crippen molar-refractivity contribution in [2.75, 3.05) is 0 Å². The lowest BCUT2D eigenvalue weighted by Gasteiger charge is -2.09. The van der Waals surface area contributed by atoms with Crippen LogP contribution in [0.1, 0.15) is 40.3 Å². The molecule has 1 atom stereocenters. The van der Waals surface area contributed by atoms with Gasteiger partial charge in [0, 0.05) is 47.1 Å². The second-order valence-electron chi connectivity index (χ2n) is 8.40. The monoisotopic (exact) mass is 440 g/mol. The number of benzene rings is 1. The number of carbonyl (C=O) groups is 1. The summed E-state index contributed by atoms with van der Waals surface area (Å²) in [5, 5.41) is 11.3. The van der Waals surface area contributed by atoms with E-state index in [0.29, 0.717) is 22.7 Å². The summed E-state index contributed by atoms with van der Waals surface area (Å²) < 4.78 is 2.63. The van der Waals surface area contributed by atoms with E-state index >= 15 is 0 Å². The van der Waals surface area contributed by atoms with Gasteiger partial charge in [-0.2, -0.15) is 0 Å². The van der Waals surface area contributed by atoms with E-state index < -0.39 is 27.7 Å². The number of fused-ring (bicyclic) bond motifs is 2. The molecule has 3 aromatic heterocycles. The largest absolute Gasteiger partial charge is 0.477 e. The van der Waals surface area contributed by atoms with Crippen LogP contribution >= 0.6 is 10.5 Å². The highest BCUT2D eigenvalue weighted by molar-refractivity contribution is 7.35. The number of hydrogen-bond donors (Lipinski definition) is 2. The van der Waals surface area contributed by atoms with E-state index in [1.165, 1.54) is 7.05 Å². The fraction of sp³-hybridized carbons (Fsp3) is 0.348. The maximum atomic E-state index is 13.1. The van der Waals surface area contributed by atoms with Gasteiger partial charge in [-0.3, -0.25) is 9.36 Å². The lowest BCUT2D eigenvalue weighted by molar-refractivity contribution is 0.0698. The van der Waals surface area contributed by atoms with Gasteiger partial charge in [0.2, 0.25) is 0 Å². The van der Waals surface area contributed by atoms with Crippen LogP contribution in [0.15, 0.2) is 33.9 Å². The number of aromatic nitrogens is 3. The molecule has 3 heterocycles. The van der Waals surface area contributed by atoms with Crippen molar-refractivity contribution in [3.05, 3.63) is 66.8 Å². The van der Waals surface area contributed by atoms with Crippen LogP contribution in [0.3, 0.4) is 0 Å². The third-order valence-corrected chi connectivity index (χ3v) is 7.90. The average Bonchev–Trinajstić information content (AvgIpc) is 3.18. The fourth-order valence-corrected chi connectivity index (χ4v) is 6.43. The molecule has 0 saturated carbocycles. The minimum Gasteiger partial charge on any atom is -0.477 e. The molecule has 1 aromatic carbocycles. The Morgan fingerprint density at radius 1 is 1.23 bits per heavy atom. The Labute approximate surface area is 181 Å². The van der Waals surface area contributed by atoms with Gasteiger partial charge >= 0.3 is 11.7 Å². The van der Waals surface area contributed by atoms with Crippen LogP contribution in [-0.4, -0.2) is 25.2 Å². The van der Waals surface area contributed by atoms with Gasteiger partial charge in [0.25, 0.3) is 10.4 Å². The number of hydrogen-bond acceptors (Lipinski definition) is 3. The van der Waals surface area contributed by atoms with Crippen molar-refractivity contribution in [1.29, 1.82) is 0 Å². The number of thiophene rings is 1. The summed E-state index contributed by atoms with van der Waals surface area (Å²) in [7, 11) is 0.719. The Bertz CT molecular complexity index is 1470. The number of para-hydroxylation sites is 1. The Morgan fingerprint density at radius 3 is 2.55 bits per heavy atom. The van der Waals surface area contributed by atoms with E-state index in [4.69, 9.17) is 0 Å². The number of rotatable bonds is 5. The number of nitrogens with one attached hydrogen (secondary N) is 1. The van der Waals surface area contributed by atoms with Crippen LogP contribution in [0.4, 0.5) is 0 Å². The number of H-pyrrole nitrogens is 1. The molecule has 0 aliphatic heterocycles. The number of nitrogens with zero attached hydrogens (tertiary/aromatic N) is 2. The first-order valence-corrected chi connectivity index (χ1v) is 11.8. The van der Waals surface area contributed by atoms with E-state index in [0.717, 1.165) is 26.7 Å². The Hall–Kier alpha value is -3.13. The van der Waals surface area contributed by atoms with Crippen LogP contribution < -0.4 is 11.2 Å². The van der Waals surface area contributed by atoms with Crippen LogP contribution in [0.25, 0.3) is 21.1 Å². The van der Waals surface area contributed by atoms with E-state index in [1.807, 2.05) is 51.3 Å². The van der Waals surface area contributed by atoms with E-state index in [1.54, 1.807) is 4.57 Å². The first-order valence-electron chi connectivity index (χ1n) is 10.2. The molecule has 2 N–H and O–H groups in total. The Morgan fingerprint density at radius 2 is 1.90 bits per heavy atom. The molecule has 1 unspecified atom stereocenters. The van der Waals surface area contributed by atoms with Crippen molar-refractivity contribution in [3.8, 4) is 0 Å². The zero-order chi connectivity index (χ0) is 22.6. The summed E-state index contributed by atoms with van der Waals surface area (Å²) in [5.41, 5.74) is 2.09. The van der Waals surface area contributed by atoms with E-state index in [2.05, 4.69) is 4.98 Å². The molecular weight excluding hydrogens is 414 g/mol. The second-order valence-corrected chi connectivity index (χ2v) is 10.3. The topological polar surface area (TPSA) is 97.1 Å². The molecule has 0 saturated heterocycles. The molecule has 0 aliphatic rings. The van der Waals surface area contributed by atoms with Gasteiger partial charge in [0.15, 0.2) is 4.88 Å². The lowest BCUT2D eigenvalue weighted by Crippen LogP contribution is -2.38. The predicted molar refractivity (Wildman–Crippen MR) is 125 cm³/mol. The minimum atomic E-state index is -1.13. The smallest absolute Gasteiger partial charge is 0.342 e. The molecule has 7 nitrogen and oxygen atoms in total. The lowest BCUT2D eigenvalue weighted by atomic mass is 10.0.